The molecule has 8 heteroatoms. The molecule has 160 valence electrons. The number of amides is 1. The zero-order valence-corrected chi connectivity index (χ0v) is 18.4. The Morgan fingerprint density at radius 1 is 1.17 bits per heavy atom. The molecule has 2 aromatic rings. The quantitative estimate of drug-likeness (QED) is 0.725. The maximum atomic E-state index is 13.7. The minimum absolute atomic E-state index is 0.0647. The van der Waals surface area contributed by atoms with Gasteiger partial charge in [-0.2, -0.15) is 0 Å². The highest BCUT2D eigenvalue weighted by Gasteiger charge is 2.44. The maximum absolute atomic E-state index is 13.7. The van der Waals surface area contributed by atoms with Crippen LogP contribution in [0.1, 0.15) is 35.4 Å². The number of aromatic nitrogens is 1. The molecule has 3 atom stereocenters. The van der Waals surface area contributed by atoms with Gasteiger partial charge >= 0.3 is 0 Å². The third kappa shape index (κ3) is 3.84. The van der Waals surface area contributed by atoms with E-state index in [4.69, 9.17) is 16.3 Å². The number of halogens is 1. The van der Waals surface area contributed by atoms with Crippen LogP contribution >= 0.6 is 22.9 Å². The summed E-state index contributed by atoms with van der Waals surface area (Å²) in [5.41, 5.74) is 0.933. The van der Waals surface area contributed by atoms with E-state index < -0.39 is 6.04 Å². The molecule has 3 aliphatic heterocycles. The minimum atomic E-state index is -0.433. The fourth-order valence-electron chi connectivity index (χ4n) is 5.29. The van der Waals surface area contributed by atoms with Crippen LogP contribution in [0.5, 0.6) is 0 Å². The van der Waals surface area contributed by atoms with Gasteiger partial charge in [-0.25, -0.2) is 0 Å². The summed E-state index contributed by atoms with van der Waals surface area (Å²) in [6, 6.07) is 9.03. The molecular formula is C22H26ClN3O3S. The van der Waals surface area contributed by atoms with Crippen LogP contribution in [0.25, 0.3) is 0 Å². The Hall–Kier alpha value is -1.67. The largest absolute Gasteiger partial charge is 0.380 e. The van der Waals surface area contributed by atoms with Crippen molar-refractivity contribution >= 4 is 28.8 Å². The highest BCUT2D eigenvalue weighted by Crippen LogP contribution is 2.42. The van der Waals surface area contributed by atoms with E-state index in [9.17, 15) is 9.59 Å². The first kappa shape index (κ1) is 20.2. The lowest BCUT2D eigenvalue weighted by molar-refractivity contribution is -0.138. The Kier molecular flexibility index (Phi) is 5.71. The number of piperidine rings is 1. The van der Waals surface area contributed by atoms with Crippen molar-refractivity contribution in [2.45, 2.75) is 31.3 Å². The van der Waals surface area contributed by atoms with Crippen molar-refractivity contribution in [2.75, 3.05) is 39.4 Å². The molecule has 0 N–H and O–H groups in total. The van der Waals surface area contributed by atoms with Crippen LogP contribution in [0.3, 0.4) is 0 Å². The summed E-state index contributed by atoms with van der Waals surface area (Å²) in [6.07, 6.45) is 1.79. The topological polar surface area (TPSA) is 54.8 Å². The van der Waals surface area contributed by atoms with E-state index in [1.165, 1.54) is 4.88 Å². The van der Waals surface area contributed by atoms with Gasteiger partial charge in [0, 0.05) is 67.8 Å². The number of pyridine rings is 1. The van der Waals surface area contributed by atoms with Gasteiger partial charge in [0.25, 0.3) is 5.56 Å². The first-order valence-corrected chi connectivity index (χ1v) is 11.8. The summed E-state index contributed by atoms with van der Waals surface area (Å²) in [7, 11) is 0. The number of hydrogen-bond donors (Lipinski definition) is 0. The molecule has 0 saturated carbocycles. The second-order valence-electron chi connectivity index (χ2n) is 8.49. The van der Waals surface area contributed by atoms with E-state index in [0.717, 1.165) is 42.5 Å². The van der Waals surface area contributed by atoms with Gasteiger partial charge in [-0.15, -0.1) is 11.3 Å². The fraction of sp³-hybridized carbons (Fsp3) is 0.545. The number of rotatable bonds is 3. The summed E-state index contributed by atoms with van der Waals surface area (Å²) in [6.45, 7) is 5.09. The monoisotopic (exact) mass is 447 g/mol. The molecule has 2 aromatic heterocycles. The first-order chi connectivity index (χ1) is 14.6. The van der Waals surface area contributed by atoms with Crippen molar-refractivity contribution in [3.05, 3.63) is 55.6 Å². The zero-order valence-electron chi connectivity index (χ0n) is 16.8. The highest BCUT2D eigenvalue weighted by atomic mass is 35.5. The van der Waals surface area contributed by atoms with Crippen molar-refractivity contribution in [2.24, 2.45) is 5.92 Å². The van der Waals surface area contributed by atoms with Gasteiger partial charge in [-0.3, -0.25) is 19.1 Å². The summed E-state index contributed by atoms with van der Waals surface area (Å²) in [5, 5.41) is 0. The van der Waals surface area contributed by atoms with Gasteiger partial charge in [0.05, 0.1) is 10.9 Å². The first-order valence-electron chi connectivity index (χ1n) is 10.6. The Bertz CT molecular complexity index is 982. The molecule has 6 nitrogen and oxygen atoms in total. The van der Waals surface area contributed by atoms with Crippen molar-refractivity contribution < 1.29 is 9.53 Å². The third-order valence-electron chi connectivity index (χ3n) is 6.52. The van der Waals surface area contributed by atoms with Crippen LogP contribution in [0.15, 0.2) is 35.1 Å². The molecule has 5 heterocycles. The molecular weight excluding hydrogens is 422 g/mol. The second-order valence-corrected chi connectivity index (χ2v) is 10.3. The molecule has 3 aliphatic rings. The number of fused-ring (bicyclic) bond motifs is 4. The zero-order chi connectivity index (χ0) is 20.7. The van der Waals surface area contributed by atoms with E-state index in [0.29, 0.717) is 26.3 Å². The molecule has 2 saturated heterocycles. The number of thiophene rings is 1. The number of ether oxygens (including phenoxy) is 1. The summed E-state index contributed by atoms with van der Waals surface area (Å²) < 4.78 is 8.14. The Morgan fingerprint density at radius 2 is 2.07 bits per heavy atom. The molecule has 1 amide bonds. The van der Waals surface area contributed by atoms with E-state index in [2.05, 4.69) is 11.0 Å². The molecule has 0 aromatic carbocycles. The molecule has 0 spiro atoms. The number of likely N-dealkylation sites (tertiary alicyclic amines) is 1. The number of hydrogen-bond acceptors (Lipinski definition) is 5. The van der Waals surface area contributed by atoms with Gasteiger partial charge < -0.3 is 9.64 Å². The second kappa shape index (κ2) is 8.46. The van der Waals surface area contributed by atoms with Crippen molar-refractivity contribution in [1.29, 1.82) is 0 Å². The minimum Gasteiger partial charge on any atom is -0.380 e. The molecule has 0 unspecified atom stereocenters. The maximum Gasteiger partial charge on any atom is 0.251 e. The van der Waals surface area contributed by atoms with Crippen molar-refractivity contribution in [3.63, 3.8) is 0 Å². The SMILES string of the molecule is O=C([C@H]1[C@@H]2C[C@@H](CN(Cc3ccc(Cl)s3)C2)c2cccc(=O)n21)N1CCCOCC1. The van der Waals surface area contributed by atoms with Gasteiger partial charge in [0.2, 0.25) is 5.91 Å². The molecule has 30 heavy (non-hydrogen) atoms. The molecule has 2 fully saturated rings. The lowest BCUT2D eigenvalue weighted by Gasteiger charge is -2.47. The average Bonchev–Trinajstić information content (AvgIpc) is 2.97. The van der Waals surface area contributed by atoms with Crippen LogP contribution in [0, 0.1) is 5.92 Å². The highest BCUT2D eigenvalue weighted by molar-refractivity contribution is 7.16. The van der Waals surface area contributed by atoms with Gasteiger partial charge in [-0.05, 0) is 31.0 Å². The van der Waals surface area contributed by atoms with Crippen LogP contribution in [0.2, 0.25) is 4.34 Å². The van der Waals surface area contributed by atoms with Crippen molar-refractivity contribution in [3.8, 4) is 0 Å². The molecule has 2 bridgehead atoms. The number of carbonyl (C=O) groups excluding carboxylic acids is 1. The van der Waals surface area contributed by atoms with E-state index in [1.54, 1.807) is 22.0 Å². The van der Waals surface area contributed by atoms with Crippen LogP contribution in [-0.2, 0) is 16.1 Å². The van der Waals surface area contributed by atoms with Crippen LogP contribution in [0.4, 0.5) is 0 Å². The smallest absolute Gasteiger partial charge is 0.251 e. The van der Waals surface area contributed by atoms with Crippen LogP contribution < -0.4 is 5.56 Å². The summed E-state index contributed by atoms with van der Waals surface area (Å²) in [4.78, 5) is 32.1. The Balaban J connectivity index is 1.47. The van der Waals surface area contributed by atoms with Gasteiger partial charge in [0.1, 0.15) is 6.04 Å². The molecule has 0 radical (unpaired) electrons. The summed E-state index contributed by atoms with van der Waals surface area (Å²) >= 11 is 7.73. The normalized spacial score (nSPS) is 26.8. The Morgan fingerprint density at radius 3 is 2.90 bits per heavy atom. The van der Waals surface area contributed by atoms with E-state index in [-0.39, 0.29) is 23.3 Å². The predicted octanol–water partition coefficient (Wildman–Crippen LogP) is 2.97. The van der Waals surface area contributed by atoms with Gasteiger partial charge in [0.15, 0.2) is 0 Å². The fourth-order valence-corrected chi connectivity index (χ4v) is 6.42. The standard InChI is InChI=1S/C22H26ClN3O3S/c23-19-6-5-17(30-19)14-24-12-15-11-16(13-24)21(26-18(15)3-1-4-20(26)27)22(28)25-7-2-9-29-10-8-25/h1,3-6,15-16,21H,2,7-14H2/t15-,16+,21+/m0/s1. The lowest BCUT2D eigenvalue weighted by atomic mass is 9.78. The Labute approximate surface area is 185 Å². The lowest BCUT2D eigenvalue weighted by Crippen LogP contribution is -2.54. The molecule has 0 aliphatic carbocycles. The van der Waals surface area contributed by atoms with E-state index in [1.807, 2.05) is 23.1 Å². The third-order valence-corrected chi connectivity index (χ3v) is 7.73. The average molecular weight is 448 g/mol. The number of carbonyl (C=O) groups is 1. The van der Waals surface area contributed by atoms with Crippen LogP contribution in [-0.4, -0.2) is 59.7 Å². The van der Waals surface area contributed by atoms with Gasteiger partial charge in [-0.1, -0.05) is 17.7 Å². The molecule has 5 rings (SSSR count). The predicted molar refractivity (Wildman–Crippen MR) is 117 cm³/mol. The van der Waals surface area contributed by atoms with E-state index >= 15 is 0 Å². The number of nitrogens with zero attached hydrogens (tertiary/aromatic N) is 3. The van der Waals surface area contributed by atoms with Crippen molar-refractivity contribution in [1.82, 2.24) is 14.4 Å². The summed E-state index contributed by atoms with van der Waals surface area (Å²) in [5.74, 6) is 0.465.